The molecule has 1 saturated heterocycles. The maximum absolute atomic E-state index is 12.7. The van der Waals surface area contributed by atoms with Crippen LogP contribution in [-0.4, -0.2) is 78.7 Å². The molecule has 49 heavy (non-hydrogen) atoms. The number of hydrogen-bond donors (Lipinski definition) is 6. The molecule has 278 valence electrons. The van der Waals surface area contributed by atoms with Gasteiger partial charge in [0.25, 0.3) is 0 Å². The Hall–Kier alpha value is -4.53. The number of carbonyl (C=O) groups excluding carboxylic acids is 7. The van der Waals surface area contributed by atoms with E-state index in [0.29, 0.717) is 12.2 Å². The second kappa shape index (κ2) is 26.4. The number of esters is 1. The Labute approximate surface area is 291 Å². The van der Waals surface area contributed by atoms with Crippen molar-refractivity contribution in [2.45, 2.75) is 94.2 Å². The summed E-state index contributed by atoms with van der Waals surface area (Å²) in [4.78, 5) is 84.2. The maximum Gasteiger partial charge on any atom is 0.312 e. The number of primary amides is 1. The van der Waals surface area contributed by atoms with Gasteiger partial charge in [-0.2, -0.15) is 0 Å². The highest BCUT2D eigenvalue weighted by Gasteiger charge is 2.41. The van der Waals surface area contributed by atoms with Gasteiger partial charge in [0.05, 0.1) is 6.54 Å². The lowest BCUT2D eigenvalue weighted by atomic mass is 9.94. The summed E-state index contributed by atoms with van der Waals surface area (Å²) in [5.41, 5.74) is 10.8. The third-order valence-electron chi connectivity index (χ3n) is 6.55. The van der Waals surface area contributed by atoms with Crippen LogP contribution >= 0.6 is 0 Å². The summed E-state index contributed by atoms with van der Waals surface area (Å²) in [6.45, 7) is 17.5. The molecule has 2 atom stereocenters. The number of likely N-dealkylation sites (tertiary alicyclic amines) is 1. The van der Waals surface area contributed by atoms with Crippen LogP contribution in [-0.2, 0) is 40.1 Å². The molecule has 0 aromatic heterocycles. The Morgan fingerprint density at radius 2 is 1.51 bits per heavy atom. The number of anilines is 1. The van der Waals surface area contributed by atoms with Gasteiger partial charge in [0, 0.05) is 31.0 Å². The summed E-state index contributed by atoms with van der Waals surface area (Å²) in [7, 11) is 0. The zero-order chi connectivity index (χ0) is 38.1. The molecule has 0 radical (unpaired) electrons. The number of urea groups is 1. The molecule has 0 saturated carbocycles. The first-order chi connectivity index (χ1) is 23.1. The monoisotopic (exact) mass is 693 g/mol. The molecule has 7 amide bonds. The number of imide groups is 1. The number of ether oxygens (including phenoxy) is 1. The summed E-state index contributed by atoms with van der Waals surface area (Å²) in [6, 6.07) is 5.32. The third kappa shape index (κ3) is 19.8. The second-order valence-electron chi connectivity index (χ2n) is 11.3. The van der Waals surface area contributed by atoms with E-state index in [1.807, 2.05) is 41.5 Å². The average molecular weight is 694 g/mol. The zero-order valence-electron chi connectivity index (χ0n) is 30.6. The summed E-state index contributed by atoms with van der Waals surface area (Å²) >= 11 is 0. The van der Waals surface area contributed by atoms with E-state index in [1.165, 1.54) is 0 Å². The van der Waals surface area contributed by atoms with Gasteiger partial charge >= 0.3 is 12.0 Å². The van der Waals surface area contributed by atoms with Gasteiger partial charge in [-0.1, -0.05) is 74.4 Å². The van der Waals surface area contributed by atoms with Gasteiger partial charge in [0.15, 0.2) is 0 Å². The normalized spacial score (nSPS) is 13.8. The highest BCUT2D eigenvalue weighted by Crippen LogP contribution is 2.26. The van der Waals surface area contributed by atoms with Crippen molar-refractivity contribution in [3.05, 3.63) is 29.8 Å². The fourth-order valence-electron chi connectivity index (χ4n) is 3.97. The molecule has 0 bridgehead atoms. The number of nitrogens with two attached hydrogens (primary N) is 2. The number of amides is 7. The molecule has 15 heteroatoms. The predicted molar refractivity (Wildman–Crippen MR) is 189 cm³/mol. The number of nitrogens with zero attached hydrogens (tertiary/aromatic N) is 1. The van der Waals surface area contributed by atoms with Crippen LogP contribution in [0.15, 0.2) is 24.3 Å². The van der Waals surface area contributed by atoms with Gasteiger partial charge in [-0.15, -0.1) is 0 Å². The molecule has 2 rings (SSSR count). The molecule has 15 nitrogen and oxygen atoms in total. The number of nitrogens with one attached hydrogen (secondary N) is 4. The maximum atomic E-state index is 12.7. The Balaban J connectivity index is 0. The van der Waals surface area contributed by atoms with E-state index in [2.05, 4.69) is 21.3 Å². The highest BCUT2D eigenvalue weighted by atomic mass is 16.5. The van der Waals surface area contributed by atoms with Crippen LogP contribution in [0.2, 0.25) is 0 Å². The first-order valence-electron chi connectivity index (χ1n) is 16.8. The van der Waals surface area contributed by atoms with E-state index in [-0.39, 0.29) is 49.7 Å². The minimum Gasteiger partial charge on any atom is -0.461 e. The van der Waals surface area contributed by atoms with E-state index in [9.17, 15) is 33.6 Å². The molecule has 1 aliphatic rings. The molecular weight excluding hydrogens is 634 g/mol. The molecule has 1 aliphatic heterocycles. The quantitative estimate of drug-likeness (QED) is 0.124. The van der Waals surface area contributed by atoms with Crippen LogP contribution in [0.4, 0.5) is 10.5 Å². The average Bonchev–Trinajstić information content (AvgIpc) is 3.34. The van der Waals surface area contributed by atoms with Crippen molar-refractivity contribution in [2.24, 2.45) is 29.2 Å². The van der Waals surface area contributed by atoms with Gasteiger partial charge in [-0.3, -0.25) is 33.7 Å². The lowest BCUT2D eigenvalue weighted by Gasteiger charge is -2.23. The molecule has 1 fully saturated rings. The smallest absolute Gasteiger partial charge is 0.312 e. The molecule has 1 aromatic carbocycles. The Bertz CT molecular complexity index is 1190. The van der Waals surface area contributed by atoms with Gasteiger partial charge < -0.3 is 37.5 Å². The van der Waals surface area contributed by atoms with Gasteiger partial charge in [0.1, 0.15) is 19.2 Å². The Morgan fingerprint density at radius 1 is 0.939 bits per heavy atom. The third-order valence-corrected chi connectivity index (χ3v) is 6.55. The van der Waals surface area contributed by atoms with Crippen molar-refractivity contribution < 1.29 is 38.3 Å². The van der Waals surface area contributed by atoms with Gasteiger partial charge in [0.2, 0.25) is 29.5 Å². The summed E-state index contributed by atoms with van der Waals surface area (Å²) in [5, 5.41) is 10.2. The molecular formula is C34H59N7O8. The largest absolute Gasteiger partial charge is 0.461 e. The van der Waals surface area contributed by atoms with Crippen molar-refractivity contribution in [2.75, 3.05) is 31.5 Å². The van der Waals surface area contributed by atoms with Gasteiger partial charge in [-0.25, -0.2) is 4.79 Å². The van der Waals surface area contributed by atoms with E-state index in [0.717, 1.165) is 23.4 Å². The van der Waals surface area contributed by atoms with Crippen molar-refractivity contribution >= 4 is 47.2 Å². The molecule has 1 aromatic rings. The van der Waals surface area contributed by atoms with E-state index in [4.69, 9.17) is 16.2 Å². The number of carbonyl (C=O) groups is 7. The summed E-state index contributed by atoms with van der Waals surface area (Å²) < 4.78 is 5.05. The van der Waals surface area contributed by atoms with Crippen molar-refractivity contribution in [3.8, 4) is 0 Å². The second-order valence-corrected chi connectivity index (χ2v) is 11.3. The molecule has 1 heterocycles. The van der Waals surface area contributed by atoms with Crippen LogP contribution in [0.5, 0.6) is 0 Å². The van der Waals surface area contributed by atoms with E-state index >= 15 is 0 Å². The van der Waals surface area contributed by atoms with Crippen LogP contribution in [0.3, 0.4) is 0 Å². The Morgan fingerprint density at radius 3 is 1.94 bits per heavy atom. The first-order valence-corrected chi connectivity index (χ1v) is 16.8. The fourth-order valence-corrected chi connectivity index (χ4v) is 3.97. The van der Waals surface area contributed by atoms with Crippen LogP contribution in [0.1, 0.15) is 87.1 Å². The summed E-state index contributed by atoms with van der Waals surface area (Å²) in [6.07, 6.45) is 1.29. The predicted octanol–water partition coefficient (Wildman–Crippen LogP) is 2.42. The lowest BCUT2D eigenvalue weighted by molar-refractivity contribution is -0.145. The number of benzene rings is 1. The van der Waals surface area contributed by atoms with E-state index < -0.39 is 48.2 Å². The highest BCUT2D eigenvalue weighted by molar-refractivity contribution is 6.06. The molecule has 0 spiro atoms. The minimum atomic E-state index is -0.959. The number of hydrogen-bond acceptors (Lipinski definition) is 9. The van der Waals surface area contributed by atoms with Crippen LogP contribution in [0, 0.1) is 17.8 Å². The van der Waals surface area contributed by atoms with Crippen molar-refractivity contribution in [1.82, 2.24) is 20.9 Å². The van der Waals surface area contributed by atoms with Crippen LogP contribution in [0.25, 0.3) is 0 Å². The Kier molecular flexibility index (Phi) is 25.1. The van der Waals surface area contributed by atoms with Gasteiger partial charge in [-0.05, 0) is 42.5 Å². The van der Waals surface area contributed by atoms with Crippen LogP contribution < -0.4 is 32.7 Å². The SMILES string of the molecule is CC.CCC(=O)OCc1ccc(NC(=O)CNC(=O)C(NC(=O)CN2C(=O)CC(C(C)C)C2=O)C(C)C)cc1.CCCNC(N)=O.CCN. The first kappa shape index (κ1) is 46.6. The van der Waals surface area contributed by atoms with Crippen molar-refractivity contribution in [1.29, 1.82) is 0 Å². The minimum absolute atomic E-state index is 0.0201. The fraction of sp³-hybridized carbons (Fsp3) is 0.618. The molecule has 2 unspecified atom stereocenters. The zero-order valence-corrected chi connectivity index (χ0v) is 30.6. The lowest BCUT2D eigenvalue weighted by Crippen LogP contribution is -2.53. The number of rotatable bonds is 14. The molecule has 0 aliphatic carbocycles. The summed E-state index contributed by atoms with van der Waals surface area (Å²) in [5.74, 6) is -3.54. The standard InChI is InChI=1S/C26H36N4O7.C4H10N2O.C2H7N.C2H6/c1-6-23(34)37-14-17-7-9-18(10-8-17)28-20(31)12-27-25(35)24(16(4)5)29-21(32)13-30-22(33)11-19(15(2)3)26(30)36;1-2-3-6-4(5)7;1-2-3;1-2/h7-10,15-16,19,24H,6,11-14H2,1-5H3,(H,27,35)(H,28,31)(H,29,32);2-3H2,1H3,(H3,5,6,7);2-3H2,1H3;1-2H3. The molecule has 8 N–H and O–H groups in total. The van der Waals surface area contributed by atoms with E-state index in [1.54, 1.807) is 45.0 Å². The topological polar surface area (TPSA) is 232 Å². The van der Waals surface area contributed by atoms with Crippen molar-refractivity contribution in [3.63, 3.8) is 0 Å².